The Morgan fingerprint density at radius 1 is 0.852 bits per heavy atom. The van der Waals surface area contributed by atoms with Crippen molar-refractivity contribution in [3.63, 3.8) is 0 Å². The Morgan fingerprint density at radius 3 is 2.04 bits per heavy atom. The first-order valence-electron chi connectivity index (χ1n) is 8.46. The van der Waals surface area contributed by atoms with E-state index in [2.05, 4.69) is 5.32 Å². The predicted octanol–water partition coefficient (Wildman–Crippen LogP) is 4.43. The lowest BCUT2D eigenvalue weighted by molar-refractivity contribution is -0.139. The van der Waals surface area contributed by atoms with Gasteiger partial charge in [0.05, 0.1) is 0 Å². The zero-order chi connectivity index (χ0) is 19.2. The van der Waals surface area contributed by atoms with E-state index in [1.165, 1.54) is 0 Å². The first-order chi connectivity index (χ1) is 13.0. The number of carbonyl (C=O) groups is 2. The lowest BCUT2D eigenvalue weighted by atomic mass is 10.0. The molecule has 1 amide bonds. The second-order valence-electron chi connectivity index (χ2n) is 6.14. The molecule has 0 fully saturated rings. The number of carbonyl (C=O) groups excluding carboxylic acids is 1. The molecule has 0 spiro atoms. The van der Waals surface area contributed by atoms with Crippen LogP contribution < -0.4 is 5.32 Å². The van der Waals surface area contributed by atoms with Crippen LogP contribution in [0.5, 0.6) is 0 Å². The molecule has 27 heavy (non-hydrogen) atoms. The van der Waals surface area contributed by atoms with E-state index in [1.54, 1.807) is 24.3 Å². The lowest BCUT2D eigenvalue weighted by Gasteiger charge is -2.15. The second kappa shape index (κ2) is 8.52. The van der Waals surface area contributed by atoms with E-state index < -0.39 is 17.9 Å². The summed E-state index contributed by atoms with van der Waals surface area (Å²) in [6.45, 7) is 0. The molecule has 0 saturated heterocycles. The maximum atomic E-state index is 12.3. The van der Waals surface area contributed by atoms with Gasteiger partial charge < -0.3 is 10.4 Å². The van der Waals surface area contributed by atoms with E-state index in [1.807, 2.05) is 54.6 Å². The highest BCUT2D eigenvalue weighted by atomic mass is 35.5. The van der Waals surface area contributed by atoms with E-state index in [0.717, 1.165) is 16.7 Å². The fourth-order valence-corrected chi connectivity index (χ4v) is 2.87. The minimum atomic E-state index is -1.08. The van der Waals surface area contributed by atoms with Gasteiger partial charge in [-0.05, 0) is 41.0 Å². The highest BCUT2D eigenvalue weighted by Gasteiger charge is 2.21. The fourth-order valence-electron chi connectivity index (χ4n) is 2.74. The first-order valence-corrected chi connectivity index (χ1v) is 8.84. The maximum absolute atomic E-state index is 12.3. The summed E-state index contributed by atoms with van der Waals surface area (Å²) in [6.07, 6.45) is 0.198. The molecule has 0 saturated carbocycles. The Balaban J connectivity index is 1.70. The summed E-state index contributed by atoms with van der Waals surface area (Å²) in [4.78, 5) is 23.9. The smallest absolute Gasteiger partial charge is 0.326 e. The average molecular weight is 380 g/mol. The molecule has 0 aliphatic heterocycles. The van der Waals surface area contributed by atoms with Crippen LogP contribution >= 0.6 is 11.6 Å². The number of aliphatic carboxylic acids is 1. The SMILES string of the molecule is O=C(NC(Cc1ccc(-c2ccccc2)cc1)C(=O)O)c1ccc(Cl)cc1. The quantitative estimate of drug-likeness (QED) is 0.665. The van der Waals surface area contributed by atoms with Gasteiger partial charge in [-0.3, -0.25) is 4.79 Å². The molecule has 3 rings (SSSR count). The summed E-state index contributed by atoms with van der Waals surface area (Å²) in [7, 11) is 0. The van der Waals surface area contributed by atoms with Crippen molar-refractivity contribution in [3.05, 3.63) is 95.0 Å². The molecular formula is C22H18ClNO3. The van der Waals surface area contributed by atoms with E-state index in [0.29, 0.717) is 10.6 Å². The Morgan fingerprint density at radius 2 is 1.44 bits per heavy atom. The summed E-state index contributed by atoms with van der Waals surface area (Å²) in [6, 6.07) is 22.9. The van der Waals surface area contributed by atoms with Crippen molar-refractivity contribution in [2.24, 2.45) is 0 Å². The van der Waals surface area contributed by atoms with Gasteiger partial charge in [-0.15, -0.1) is 0 Å². The normalized spacial score (nSPS) is 11.6. The molecule has 1 unspecified atom stereocenters. The molecule has 4 nitrogen and oxygen atoms in total. The van der Waals surface area contributed by atoms with Gasteiger partial charge in [0.2, 0.25) is 0 Å². The number of hydrogen-bond acceptors (Lipinski definition) is 2. The first kappa shape index (κ1) is 18.7. The third kappa shape index (κ3) is 4.96. The van der Waals surface area contributed by atoms with Crippen LogP contribution in [0.2, 0.25) is 5.02 Å². The Labute approximate surface area is 162 Å². The molecule has 2 N–H and O–H groups in total. The van der Waals surface area contributed by atoms with E-state index >= 15 is 0 Å². The molecule has 0 heterocycles. The summed E-state index contributed by atoms with van der Waals surface area (Å²) in [5.41, 5.74) is 3.34. The summed E-state index contributed by atoms with van der Waals surface area (Å²) in [5, 5.41) is 12.6. The van der Waals surface area contributed by atoms with Crippen LogP contribution in [0.1, 0.15) is 15.9 Å². The van der Waals surface area contributed by atoms with Gasteiger partial charge in [0.25, 0.3) is 5.91 Å². The molecule has 5 heteroatoms. The van der Waals surface area contributed by atoms with Crippen LogP contribution in [0, 0.1) is 0 Å². The van der Waals surface area contributed by atoms with Crippen molar-refractivity contribution in [2.75, 3.05) is 0 Å². The molecule has 136 valence electrons. The lowest BCUT2D eigenvalue weighted by Crippen LogP contribution is -2.42. The zero-order valence-electron chi connectivity index (χ0n) is 14.4. The number of carboxylic acid groups (broad SMARTS) is 1. The zero-order valence-corrected chi connectivity index (χ0v) is 15.2. The van der Waals surface area contributed by atoms with Crippen LogP contribution in [-0.2, 0) is 11.2 Å². The fraction of sp³-hybridized carbons (Fsp3) is 0.0909. The standard InChI is InChI=1S/C22H18ClNO3/c23-19-12-10-18(11-13-19)21(25)24-20(22(26)27)14-15-6-8-17(9-7-15)16-4-2-1-3-5-16/h1-13,20H,14H2,(H,24,25)(H,26,27). The van der Waals surface area contributed by atoms with Crippen LogP contribution in [0.4, 0.5) is 0 Å². The van der Waals surface area contributed by atoms with Gasteiger partial charge in [-0.2, -0.15) is 0 Å². The molecule has 0 aromatic heterocycles. The highest BCUT2D eigenvalue weighted by molar-refractivity contribution is 6.30. The monoisotopic (exact) mass is 379 g/mol. The molecule has 1 atom stereocenters. The Bertz CT molecular complexity index is 922. The Hall–Kier alpha value is -3.11. The minimum absolute atomic E-state index is 0.198. The number of amides is 1. The summed E-state index contributed by atoms with van der Waals surface area (Å²) < 4.78 is 0. The number of carboxylic acids is 1. The third-order valence-corrected chi connectivity index (χ3v) is 4.46. The second-order valence-corrected chi connectivity index (χ2v) is 6.57. The third-order valence-electron chi connectivity index (χ3n) is 4.21. The van der Waals surface area contributed by atoms with E-state index in [-0.39, 0.29) is 6.42 Å². The molecule has 0 radical (unpaired) electrons. The summed E-state index contributed by atoms with van der Waals surface area (Å²) >= 11 is 5.81. The van der Waals surface area contributed by atoms with Crippen molar-refractivity contribution in [3.8, 4) is 11.1 Å². The van der Waals surface area contributed by atoms with Crippen molar-refractivity contribution >= 4 is 23.5 Å². The number of benzene rings is 3. The van der Waals surface area contributed by atoms with Crippen LogP contribution in [0.3, 0.4) is 0 Å². The van der Waals surface area contributed by atoms with Crippen molar-refractivity contribution < 1.29 is 14.7 Å². The topological polar surface area (TPSA) is 66.4 Å². The van der Waals surface area contributed by atoms with Crippen LogP contribution in [0.25, 0.3) is 11.1 Å². The number of nitrogens with one attached hydrogen (secondary N) is 1. The maximum Gasteiger partial charge on any atom is 0.326 e. The summed E-state index contributed by atoms with van der Waals surface area (Å²) in [5.74, 6) is -1.52. The molecule has 0 aliphatic rings. The van der Waals surface area contributed by atoms with Crippen LogP contribution in [0.15, 0.2) is 78.9 Å². The van der Waals surface area contributed by atoms with Crippen LogP contribution in [-0.4, -0.2) is 23.0 Å². The number of halogens is 1. The molecular weight excluding hydrogens is 362 g/mol. The molecule has 3 aromatic rings. The molecule has 0 aliphatic carbocycles. The largest absolute Gasteiger partial charge is 0.480 e. The number of rotatable bonds is 6. The van der Waals surface area contributed by atoms with Gasteiger partial charge in [0.1, 0.15) is 6.04 Å². The van der Waals surface area contributed by atoms with Gasteiger partial charge in [-0.1, -0.05) is 66.2 Å². The van der Waals surface area contributed by atoms with Crippen molar-refractivity contribution in [1.82, 2.24) is 5.32 Å². The van der Waals surface area contributed by atoms with Gasteiger partial charge in [0.15, 0.2) is 0 Å². The molecule has 0 bridgehead atoms. The van der Waals surface area contributed by atoms with Crippen molar-refractivity contribution in [1.29, 1.82) is 0 Å². The van der Waals surface area contributed by atoms with E-state index in [9.17, 15) is 14.7 Å². The van der Waals surface area contributed by atoms with Crippen molar-refractivity contribution in [2.45, 2.75) is 12.5 Å². The predicted molar refractivity (Wildman–Crippen MR) is 106 cm³/mol. The van der Waals surface area contributed by atoms with Gasteiger partial charge in [-0.25, -0.2) is 4.79 Å². The Kier molecular flexibility index (Phi) is 5.89. The highest BCUT2D eigenvalue weighted by Crippen LogP contribution is 2.20. The van der Waals surface area contributed by atoms with E-state index in [4.69, 9.17) is 11.6 Å². The van der Waals surface area contributed by atoms with Gasteiger partial charge >= 0.3 is 5.97 Å². The minimum Gasteiger partial charge on any atom is -0.480 e. The molecule has 3 aromatic carbocycles. The average Bonchev–Trinajstić information content (AvgIpc) is 2.69. The number of hydrogen-bond donors (Lipinski definition) is 2. The van der Waals surface area contributed by atoms with Gasteiger partial charge in [0, 0.05) is 17.0 Å².